The van der Waals surface area contributed by atoms with Gasteiger partial charge in [-0.05, 0) is 6.42 Å². The molecule has 0 aliphatic heterocycles. The van der Waals surface area contributed by atoms with Gasteiger partial charge in [-0.25, -0.2) is 4.98 Å². The minimum atomic E-state index is -0.117. The van der Waals surface area contributed by atoms with Gasteiger partial charge in [0, 0.05) is 24.7 Å². The van der Waals surface area contributed by atoms with Crippen LogP contribution in [0, 0.1) is 0 Å². The van der Waals surface area contributed by atoms with E-state index in [1.807, 2.05) is 60.1 Å². The SMILES string of the molecule is CCCCCCNC(=O)c1nc(-c2ccccc2)c(-c2ccccc2)n1C. The number of nitrogens with zero attached hydrogens (tertiary/aromatic N) is 2. The number of amides is 1. The van der Waals surface area contributed by atoms with Crippen LogP contribution in [0.3, 0.4) is 0 Å². The molecular formula is C23H27N3O. The molecule has 0 fully saturated rings. The number of rotatable bonds is 8. The van der Waals surface area contributed by atoms with Crippen molar-refractivity contribution >= 4 is 5.91 Å². The summed E-state index contributed by atoms with van der Waals surface area (Å²) < 4.78 is 1.90. The Kier molecular flexibility index (Phi) is 6.42. The number of benzene rings is 2. The molecule has 0 aliphatic rings. The van der Waals surface area contributed by atoms with Crippen LogP contribution in [0.1, 0.15) is 43.2 Å². The van der Waals surface area contributed by atoms with E-state index in [0.29, 0.717) is 12.4 Å². The van der Waals surface area contributed by atoms with Gasteiger partial charge in [0.05, 0.1) is 11.4 Å². The Morgan fingerprint density at radius 1 is 0.926 bits per heavy atom. The van der Waals surface area contributed by atoms with Crippen molar-refractivity contribution in [2.45, 2.75) is 32.6 Å². The molecule has 1 amide bonds. The van der Waals surface area contributed by atoms with E-state index >= 15 is 0 Å². The van der Waals surface area contributed by atoms with E-state index < -0.39 is 0 Å². The number of carbonyl (C=O) groups is 1. The average molecular weight is 361 g/mol. The number of aromatic nitrogens is 2. The molecule has 27 heavy (non-hydrogen) atoms. The van der Waals surface area contributed by atoms with Crippen LogP contribution in [-0.2, 0) is 7.05 Å². The highest BCUT2D eigenvalue weighted by molar-refractivity contribution is 5.94. The molecule has 0 atom stereocenters. The van der Waals surface area contributed by atoms with Crippen LogP contribution in [0.15, 0.2) is 60.7 Å². The summed E-state index contributed by atoms with van der Waals surface area (Å²) in [4.78, 5) is 17.5. The van der Waals surface area contributed by atoms with Crippen LogP contribution in [0.25, 0.3) is 22.5 Å². The molecule has 4 heteroatoms. The molecule has 0 saturated carbocycles. The Bertz CT molecular complexity index is 869. The van der Waals surface area contributed by atoms with Crippen molar-refractivity contribution in [3.63, 3.8) is 0 Å². The third-order valence-electron chi connectivity index (χ3n) is 4.71. The van der Waals surface area contributed by atoms with Crippen molar-refractivity contribution in [2.75, 3.05) is 6.54 Å². The third kappa shape index (κ3) is 4.45. The maximum atomic E-state index is 12.7. The molecule has 140 valence electrons. The number of unbranched alkanes of at least 4 members (excludes halogenated alkanes) is 3. The smallest absolute Gasteiger partial charge is 0.287 e. The second kappa shape index (κ2) is 9.17. The Morgan fingerprint density at radius 2 is 1.56 bits per heavy atom. The fraction of sp³-hybridized carbons (Fsp3) is 0.304. The molecule has 0 unspecified atom stereocenters. The molecule has 1 aromatic heterocycles. The van der Waals surface area contributed by atoms with Gasteiger partial charge in [0.2, 0.25) is 0 Å². The first kappa shape index (κ1) is 18.9. The molecule has 0 saturated heterocycles. The van der Waals surface area contributed by atoms with Gasteiger partial charge < -0.3 is 9.88 Å². The quantitative estimate of drug-likeness (QED) is 0.570. The fourth-order valence-electron chi connectivity index (χ4n) is 3.26. The molecule has 0 spiro atoms. The number of carbonyl (C=O) groups excluding carboxylic acids is 1. The van der Waals surface area contributed by atoms with E-state index in [4.69, 9.17) is 4.98 Å². The lowest BCUT2D eigenvalue weighted by atomic mass is 10.1. The monoisotopic (exact) mass is 361 g/mol. The number of imidazole rings is 1. The standard InChI is InChI=1S/C23H27N3O/c1-3-4-5-12-17-24-23(27)22-25-20(18-13-8-6-9-14-18)21(26(22)2)19-15-10-7-11-16-19/h6-11,13-16H,3-5,12,17H2,1-2H3,(H,24,27). The van der Waals surface area contributed by atoms with E-state index in [0.717, 1.165) is 35.4 Å². The first-order valence-corrected chi connectivity index (χ1v) is 9.68. The zero-order valence-electron chi connectivity index (χ0n) is 16.1. The Labute approximate surface area is 161 Å². The van der Waals surface area contributed by atoms with Crippen LogP contribution in [0.2, 0.25) is 0 Å². The van der Waals surface area contributed by atoms with Crippen LogP contribution >= 0.6 is 0 Å². The minimum absolute atomic E-state index is 0.117. The molecule has 1 N–H and O–H groups in total. The van der Waals surface area contributed by atoms with Crippen molar-refractivity contribution in [2.24, 2.45) is 7.05 Å². The summed E-state index contributed by atoms with van der Waals surface area (Å²) >= 11 is 0. The highest BCUT2D eigenvalue weighted by Gasteiger charge is 2.21. The largest absolute Gasteiger partial charge is 0.349 e. The molecular weight excluding hydrogens is 334 g/mol. The maximum absolute atomic E-state index is 12.7. The van der Waals surface area contributed by atoms with E-state index in [9.17, 15) is 4.79 Å². The van der Waals surface area contributed by atoms with Crippen LogP contribution in [-0.4, -0.2) is 22.0 Å². The van der Waals surface area contributed by atoms with E-state index in [2.05, 4.69) is 24.4 Å². The summed E-state index contributed by atoms with van der Waals surface area (Å²) in [6.45, 7) is 2.87. The number of hydrogen-bond acceptors (Lipinski definition) is 2. The van der Waals surface area contributed by atoms with Gasteiger partial charge in [-0.3, -0.25) is 4.79 Å². The number of hydrogen-bond donors (Lipinski definition) is 1. The summed E-state index contributed by atoms with van der Waals surface area (Å²) in [7, 11) is 1.91. The highest BCUT2D eigenvalue weighted by atomic mass is 16.2. The van der Waals surface area contributed by atoms with Crippen molar-refractivity contribution in [3.8, 4) is 22.5 Å². The van der Waals surface area contributed by atoms with Gasteiger partial charge in [-0.15, -0.1) is 0 Å². The Balaban J connectivity index is 1.92. The van der Waals surface area contributed by atoms with Gasteiger partial charge in [0.1, 0.15) is 0 Å². The normalized spacial score (nSPS) is 10.7. The summed E-state index contributed by atoms with van der Waals surface area (Å²) in [5, 5.41) is 3.02. The summed E-state index contributed by atoms with van der Waals surface area (Å²) in [6, 6.07) is 20.1. The molecule has 3 rings (SSSR count). The first-order valence-electron chi connectivity index (χ1n) is 9.68. The average Bonchev–Trinajstić information content (AvgIpc) is 3.06. The van der Waals surface area contributed by atoms with Crippen molar-refractivity contribution < 1.29 is 4.79 Å². The second-order valence-corrected chi connectivity index (χ2v) is 6.74. The van der Waals surface area contributed by atoms with Crippen molar-refractivity contribution in [1.82, 2.24) is 14.9 Å². The second-order valence-electron chi connectivity index (χ2n) is 6.74. The van der Waals surface area contributed by atoms with Gasteiger partial charge in [0.25, 0.3) is 5.91 Å². The molecule has 2 aromatic carbocycles. The van der Waals surface area contributed by atoms with Crippen molar-refractivity contribution in [1.29, 1.82) is 0 Å². The minimum Gasteiger partial charge on any atom is -0.349 e. The molecule has 0 radical (unpaired) electrons. The summed E-state index contributed by atoms with van der Waals surface area (Å²) in [6.07, 6.45) is 4.53. The molecule has 0 aliphatic carbocycles. The summed E-state index contributed by atoms with van der Waals surface area (Å²) in [5.41, 5.74) is 3.85. The van der Waals surface area contributed by atoms with Gasteiger partial charge >= 0.3 is 0 Å². The van der Waals surface area contributed by atoms with Gasteiger partial charge in [0.15, 0.2) is 5.82 Å². The van der Waals surface area contributed by atoms with Gasteiger partial charge in [-0.2, -0.15) is 0 Å². The van der Waals surface area contributed by atoms with E-state index in [1.165, 1.54) is 12.8 Å². The van der Waals surface area contributed by atoms with Crippen LogP contribution in [0.4, 0.5) is 0 Å². The highest BCUT2D eigenvalue weighted by Crippen LogP contribution is 2.32. The Hall–Kier alpha value is -2.88. The molecule has 3 aromatic rings. The maximum Gasteiger partial charge on any atom is 0.287 e. The predicted molar refractivity (Wildman–Crippen MR) is 111 cm³/mol. The first-order chi connectivity index (χ1) is 13.2. The molecule has 0 bridgehead atoms. The van der Waals surface area contributed by atoms with Crippen LogP contribution in [0.5, 0.6) is 0 Å². The van der Waals surface area contributed by atoms with E-state index in [1.54, 1.807) is 0 Å². The lowest BCUT2D eigenvalue weighted by Crippen LogP contribution is -2.27. The fourth-order valence-corrected chi connectivity index (χ4v) is 3.26. The summed E-state index contributed by atoms with van der Waals surface area (Å²) in [5.74, 6) is 0.330. The topological polar surface area (TPSA) is 46.9 Å². The van der Waals surface area contributed by atoms with E-state index in [-0.39, 0.29) is 5.91 Å². The molecule has 1 heterocycles. The lowest BCUT2D eigenvalue weighted by Gasteiger charge is -2.08. The zero-order valence-corrected chi connectivity index (χ0v) is 16.1. The van der Waals surface area contributed by atoms with Crippen molar-refractivity contribution in [3.05, 3.63) is 66.5 Å². The number of nitrogens with one attached hydrogen (secondary N) is 1. The lowest BCUT2D eigenvalue weighted by molar-refractivity contribution is 0.0939. The third-order valence-corrected chi connectivity index (χ3v) is 4.71. The molecule has 4 nitrogen and oxygen atoms in total. The Morgan fingerprint density at radius 3 is 2.19 bits per heavy atom. The zero-order chi connectivity index (χ0) is 19.1. The van der Waals surface area contributed by atoms with Gasteiger partial charge in [-0.1, -0.05) is 86.8 Å². The predicted octanol–water partition coefficient (Wildman–Crippen LogP) is 5.06. The van der Waals surface area contributed by atoms with Crippen LogP contribution < -0.4 is 5.32 Å².